The fourth-order valence-corrected chi connectivity index (χ4v) is 3.07. The summed E-state index contributed by atoms with van der Waals surface area (Å²) in [6.45, 7) is 5.27. The van der Waals surface area contributed by atoms with Crippen molar-refractivity contribution in [2.24, 2.45) is 0 Å². The van der Waals surface area contributed by atoms with E-state index in [1.807, 2.05) is 13.8 Å². The molecule has 0 unspecified atom stereocenters. The number of ether oxygens (including phenoxy) is 1. The Hall–Kier alpha value is -2.28. The van der Waals surface area contributed by atoms with E-state index in [1.54, 1.807) is 6.07 Å². The van der Waals surface area contributed by atoms with Crippen molar-refractivity contribution in [1.29, 1.82) is 0 Å². The number of benzene rings is 1. The highest BCUT2D eigenvalue weighted by atomic mass is 32.1. The molecule has 0 aliphatic heterocycles. The topological polar surface area (TPSA) is 55.4 Å². The molecular weight excluding hydrogens is 336 g/mol. The second-order valence-electron chi connectivity index (χ2n) is 5.23. The first-order chi connectivity index (χ1) is 11.3. The lowest BCUT2D eigenvalue weighted by molar-refractivity contribution is -0.123. The van der Waals surface area contributed by atoms with Gasteiger partial charge in [-0.05, 0) is 44.0 Å². The van der Waals surface area contributed by atoms with E-state index in [1.165, 1.54) is 18.3 Å². The van der Waals surface area contributed by atoms with Crippen LogP contribution in [0.25, 0.3) is 0 Å². The average Bonchev–Trinajstić information content (AvgIpc) is 2.91. The molecule has 2 rings (SSSR count). The lowest BCUT2D eigenvalue weighted by Crippen LogP contribution is -2.30. The van der Waals surface area contributed by atoms with Crippen LogP contribution in [0.3, 0.4) is 0 Å². The summed E-state index contributed by atoms with van der Waals surface area (Å²) in [5.74, 6) is -2.95. The maximum absolute atomic E-state index is 13.5. The molecule has 24 heavy (non-hydrogen) atoms. The number of aryl methyl sites for hydroxylation is 2. The van der Waals surface area contributed by atoms with Crippen LogP contribution in [-0.4, -0.2) is 18.0 Å². The molecule has 1 atom stereocenters. The summed E-state index contributed by atoms with van der Waals surface area (Å²) in [4.78, 5) is 25.6. The third kappa shape index (κ3) is 4.17. The van der Waals surface area contributed by atoms with Crippen molar-refractivity contribution < 1.29 is 23.1 Å². The Morgan fingerprint density at radius 3 is 2.58 bits per heavy atom. The Balaban J connectivity index is 2.01. The quantitative estimate of drug-likeness (QED) is 0.824. The van der Waals surface area contributed by atoms with Crippen molar-refractivity contribution in [2.45, 2.75) is 33.3 Å². The Morgan fingerprint density at radius 1 is 1.29 bits per heavy atom. The van der Waals surface area contributed by atoms with E-state index in [2.05, 4.69) is 5.32 Å². The molecule has 0 saturated carbocycles. The molecular formula is C17H17F2NO3S. The second kappa shape index (κ2) is 7.53. The fourth-order valence-electron chi connectivity index (χ4n) is 2.07. The molecule has 128 valence electrons. The zero-order valence-electron chi connectivity index (χ0n) is 13.5. The van der Waals surface area contributed by atoms with E-state index in [0.717, 1.165) is 29.0 Å². The van der Waals surface area contributed by atoms with Crippen LogP contribution in [0.2, 0.25) is 0 Å². The molecule has 1 amide bonds. The van der Waals surface area contributed by atoms with Gasteiger partial charge in [0.1, 0.15) is 16.5 Å². The van der Waals surface area contributed by atoms with Crippen LogP contribution >= 0.6 is 11.3 Å². The molecule has 0 spiro atoms. The number of esters is 1. The molecule has 4 nitrogen and oxygen atoms in total. The van der Waals surface area contributed by atoms with Gasteiger partial charge in [0, 0.05) is 10.9 Å². The maximum atomic E-state index is 13.5. The lowest BCUT2D eigenvalue weighted by Gasteiger charge is -2.13. The number of hydrogen-bond acceptors (Lipinski definition) is 4. The molecule has 2 aromatic rings. The number of amides is 1. The van der Waals surface area contributed by atoms with Crippen molar-refractivity contribution in [3.05, 3.63) is 51.2 Å². The van der Waals surface area contributed by atoms with Gasteiger partial charge in [0.2, 0.25) is 0 Å². The number of halogens is 2. The monoisotopic (exact) mass is 353 g/mol. The van der Waals surface area contributed by atoms with Crippen molar-refractivity contribution in [2.75, 3.05) is 5.32 Å². The first-order valence-corrected chi connectivity index (χ1v) is 8.19. The van der Waals surface area contributed by atoms with Gasteiger partial charge in [0.15, 0.2) is 6.10 Å². The van der Waals surface area contributed by atoms with Crippen LogP contribution < -0.4 is 5.32 Å². The first-order valence-electron chi connectivity index (χ1n) is 7.38. The summed E-state index contributed by atoms with van der Waals surface area (Å²) in [7, 11) is 0. The lowest BCUT2D eigenvalue weighted by atomic mass is 10.2. The molecule has 0 saturated heterocycles. The number of anilines is 1. The van der Waals surface area contributed by atoms with Gasteiger partial charge in [-0.1, -0.05) is 6.92 Å². The van der Waals surface area contributed by atoms with Gasteiger partial charge in [-0.2, -0.15) is 0 Å². The summed E-state index contributed by atoms with van der Waals surface area (Å²) in [5, 5.41) is 2.27. The number of carbonyl (C=O) groups is 2. The van der Waals surface area contributed by atoms with Gasteiger partial charge in [0.05, 0.1) is 5.69 Å². The Bertz CT molecular complexity index is 773. The zero-order valence-corrected chi connectivity index (χ0v) is 14.3. The van der Waals surface area contributed by atoms with Crippen LogP contribution in [0.1, 0.15) is 34.0 Å². The third-order valence-corrected chi connectivity index (χ3v) is 4.75. The molecule has 0 fully saturated rings. The fraction of sp³-hybridized carbons (Fsp3) is 0.294. The summed E-state index contributed by atoms with van der Waals surface area (Å²) in [6.07, 6.45) is -0.307. The Labute approximate surface area is 142 Å². The molecule has 7 heteroatoms. The van der Waals surface area contributed by atoms with Crippen LogP contribution in [0.4, 0.5) is 14.5 Å². The van der Waals surface area contributed by atoms with Gasteiger partial charge in [0.25, 0.3) is 5.91 Å². The second-order valence-corrected chi connectivity index (χ2v) is 6.37. The van der Waals surface area contributed by atoms with Gasteiger partial charge in [-0.15, -0.1) is 11.3 Å². The van der Waals surface area contributed by atoms with Gasteiger partial charge in [-0.3, -0.25) is 4.79 Å². The SMILES string of the molecule is CCc1sc(C(=O)O[C@@H](C)C(=O)Nc2ccc(F)cc2F)cc1C. The Kier molecular flexibility index (Phi) is 5.66. The van der Waals surface area contributed by atoms with Crippen molar-refractivity contribution in [3.63, 3.8) is 0 Å². The summed E-state index contributed by atoms with van der Waals surface area (Å²) in [6, 6.07) is 4.51. The highest BCUT2D eigenvalue weighted by molar-refractivity contribution is 7.14. The zero-order chi connectivity index (χ0) is 17.9. The Morgan fingerprint density at radius 2 is 2.00 bits per heavy atom. The van der Waals surface area contributed by atoms with E-state index >= 15 is 0 Å². The standard InChI is InChI=1S/C17H17F2NO3S/c1-4-14-9(2)7-15(24-14)17(22)23-10(3)16(21)20-13-6-5-11(18)8-12(13)19/h5-8,10H,4H2,1-3H3,(H,20,21)/t10-/m0/s1. The number of thiophene rings is 1. The number of carbonyl (C=O) groups excluding carboxylic acids is 2. The van der Waals surface area contributed by atoms with Crippen LogP contribution in [0.15, 0.2) is 24.3 Å². The molecule has 0 radical (unpaired) electrons. The number of rotatable bonds is 5. The smallest absolute Gasteiger partial charge is 0.349 e. The summed E-state index contributed by atoms with van der Waals surface area (Å²) >= 11 is 1.32. The summed E-state index contributed by atoms with van der Waals surface area (Å²) in [5.41, 5.74) is 0.824. The minimum Gasteiger partial charge on any atom is -0.448 e. The van der Waals surface area contributed by atoms with Gasteiger partial charge >= 0.3 is 5.97 Å². The van der Waals surface area contributed by atoms with E-state index in [-0.39, 0.29) is 5.69 Å². The third-order valence-electron chi connectivity index (χ3n) is 3.38. The molecule has 0 bridgehead atoms. The maximum Gasteiger partial charge on any atom is 0.349 e. The molecule has 0 aliphatic rings. The summed E-state index contributed by atoms with van der Waals surface area (Å²) < 4.78 is 31.5. The van der Waals surface area contributed by atoms with Gasteiger partial charge < -0.3 is 10.1 Å². The van der Waals surface area contributed by atoms with Crippen LogP contribution in [0.5, 0.6) is 0 Å². The average molecular weight is 353 g/mol. The van der Waals surface area contributed by atoms with Crippen LogP contribution in [0, 0.1) is 18.6 Å². The number of hydrogen-bond donors (Lipinski definition) is 1. The van der Waals surface area contributed by atoms with Crippen molar-refractivity contribution in [1.82, 2.24) is 0 Å². The van der Waals surface area contributed by atoms with E-state index < -0.39 is 29.6 Å². The van der Waals surface area contributed by atoms with E-state index in [9.17, 15) is 18.4 Å². The number of nitrogens with one attached hydrogen (secondary N) is 1. The van der Waals surface area contributed by atoms with E-state index in [0.29, 0.717) is 10.9 Å². The van der Waals surface area contributed by atoms with Gasteiger partial charge in [-0.25, -0.2) is 13.6 Å². The molecule has 1 N–H and O–H groups in total. The highest BCUT2D eigenvalue weighted by Gasteiger charge is 2.21. The predicted molar refractivity (Wildman–Crippen MR) is 88.3 cm³/mol. The van der Waals surface area contributed by atoms with Crippen LogP contribution in [-0.2, 0) is 16.0 Å². The van der Waals surface area contributed by atoms with Crippen molar-refractivity contribution in [3.8, 4) is 0 Å². The minimum absolute atomic E-state index is 0.176. The van der Waals surface area contributed by atoms with Crippen molar-refractivity contribution >= 4 is 28.9 Å². The molecule has 0 aliphatic carbocycles. The minimum atomic E-state index is -1.12. The highest BCUT2D eigenvalue weighted by Crippen LogP contribution is 2.23. The molecule has 1 heterocycles. The normalized spacial score (nSPS) is 11.9. The first kappa shape index (κ1) is 18.1. The molecule has 1 aromatic heterocycles. The predicted octanol–water partition coefficient (Wildman–Crippen LogP) is 4.08. The largest absolute Gasteiger partial charge is 0.448 e. The van der Waals surface area contributed by atoms with E-state index in [4.69, 9.17) is 4.74 Å². The molecule has 1 aromatic carbocycles.